The van der Waals surface area contributed by atoms with Crippen LogP contribution in [0.15, 0.2) is 18.2 Å². The van der Waals surface area contributed by atoms with Crippen LogP contribution in [-0.4, -0.2) is 76.6 Å². The van der Waals surface area contributed by atoms with E-state index in [-0.39, 0.29) is 12.3 Å². The highest BCUT2D eigenvalue weighted by Gasteiger charge is 2.33. The van der Waals surface area contributed by atoms with Crippen molar-refractivity contribution in [3.05, 3.63) is 23.8 Å². The summed E-state index contributed by atoms with van der Waals surface area (Å²) in [7, 11) is 1.89. The summed E-state index contributed by atoms with van der Waals surface area (Å²) in [6.45, 7) is 4.91. The number of nitrogens with zero attached hydrogens (tertiary/aromatic N) is 4. The minimum atomic E-state index is -0.548. The molecule has 1 aromatic carbocycles. The number of hydrogen-bond donors (Lipinski definition) is 3. The van der Waals surface area contributed by atoms with Gasteiger partial charge in [-0.1, -0.05) is 6.07 Å². The molecule has 5 rings (SSSR count). The van der Waals surface area contributed by atoms with E-state index in [0.717, 1.165) is 69.3 Å². The van der Waals surface area contributed by atoms with E-state index in [1.807, 2.05) is 11.7 Å². The molecule has 3 aliphatic rings. The lowest BCUT2D eigenvalue weighted by atomic mass is 9.87. The van der Waals surface area contributed by atoms with Crippen molar-refractivity contribution in [3.8, 4) is 0 Å². The zero-order valence-corrected chi connectivity index (χ0v) is 18.6. The number of anilines is 1. The first-order chi connectivity index (χ1) is 15.4. The number of hydrogen-bond acceptors (Lipinski definition) is 6. The van der Waals surface area contributed by atoms with Gasteiger partial charge in [0.1, 0.15) is 0 Å². The second kappa shape index (κ2) is 8.46. The number of nitrogens with one attached hydrogen (secondary N) is 2. The van der Waals surface area contributed by atoms with Crippen molar-refractivity contribution in [3.63, 3.8) is 0 Å². The first kappa shape index (κ1) is 21.4. The molecule has 4 heterocycles. The van der Waals surface area contributed by atoms with Crippen LogP contribution in [-0.2, 0) is 11.8 Å². The molecule has 32 heavy (non-hydrogen) atoms. The second-order valence-electron chi connectivity index (χ2n) is 9.50. The second-order valence-corrected chi connectivity index (χ2v) is 9.50. The minimum absolute atomic E-state index is 0.243. The van der Waals surface area contributed by atoms with Gasteiger partial charge in [0.25, 0.3) is 0 Å². The Kier molecular flexibility index (Phi) is 5.65. The zero-order valence-electron chi connectivity index (χ0n) is 18.6. The summed E-state index contributed by atoms with van der Waals surface area (Å²) >= 11 is 0. The van der Waals surface area contributed by atoms with Gasteiger partial charge in [0.2, 0.25) is 5.91 Å². The number of benzene rings is 1. The van der Waals surface area contributed by atoms with Gasteiger partial charge in [-0.15, -0.1) is 0 Å². The minimum Gasteiger partial charge on any atom is -0.388 e. The van der Waals surface area contributed by atoms with Gasteiger partial charge in [-0.3, -0.25) is 19.7 Å². The van der Waals surface area contributed by atoms with E-state index in [4.69, 9.17) is 0 Å². The predicted molar refractivity (Wildman–Crippen MR) is 122 cm³/mol. The van der Waals surface area contributed by atoms with Crippen molar-refractivity contribution < 1.29 is 14.7 Å². The number of aliphatic hydroxyl groups is 1. The molecule has 0 aliphatic carbocycles. The monoisotopic (exact) mass is 440 g/mol. The van der Waals surface area contributed by atoms with Gasteiger partial charge < -0.3 is 15.3 Å². The Balaban J connectivity index is 1.28. The average Bonchev–Trinajstić information content (AvgIpc) is 3.10. The summed E-state index contributed by atoms with van der Waals surface area (Å²) in [6.07, 6.45) is 4.08. The van der Waals surface area contributed by atoms with Gasteiger partial charge in [-0.25, -0.2) is 4.79 Å². The van der Waals surface area contributed by atoms with E-state index < -0.39 is 11.6 Å². The number of aromatic nitrogens is 2. The van der Waals surface area contributed by atoms with Gasteiger partial charge in [-0.05, 0) is 75.5 Å². The smallest absolute Gasteiger partial charge is 0.329 e. The molecule has 172 valence electrons. The van der Waals surface area contributed by atoms with Crippen LogP contribution in [0.1, 0.15) is 43.6 Å². The molecule has 3 aliphatic heterocycles. The molecule has 0 saturated carbocycles. The number of urea groups is 1. The highest BCUT2D eigenvalue weighted by atomic mass is 16.3. The fourth-order valence-corrected chi connectivity index (χ4v) is 5.37. The number of β-amino-alcohol motifs (C(OH)–C–C–N with tert-alkyl or cyclic N) is 1. The lowest BCUT2D eigenvalue weighted by molar-refractivity contribution is -0.120. The van der Waals surface area contributed by atoms with E-state index in [2.05, 4.69) is 38.8 Å². The van der Waals surface area contributed by atoms with Crippen molar-refractivity contribution in [2.75, 3.05) is 44.2 Å². The maximum atomic E-state index is 12.3. The maximum Gasteiger partial charge on any atom is 0.329 e. The number of amides is 3. The summed E-state index contributed by atoms with van der Waals surface area (Å²) in [5.41, 5.74) is 1.74. The summed E-state index contributed by atoms with van der Waals surface area (Å²) in [6, 6.07) is 6.00. The molecule has 0 unspecified atom stereocenters. The molecule has 0 spiro atoms. The normalized spacial score (nSPS) is 23.0. The lowest BCUT2D eigenvalue weighted by Crippen LogP contribution is -2.51. The van der Waals surface area contributed by atoms with Gasteiger partial charge >= 0.3 is 6.03 Å². The van der Waals surface area contributed by atoms with E-state index in [1.54, 1.807) is 4.90 Å². The lowest BCUT2D eigenvalue weighted by Gasteiger charge is -2.40. The standard InChI is InChI=1S/C23H32N6O3/c1-27-19-14-17(2-3-18(19)21(26-27)29-13-6-20(30)25-22(29)31)16-4-11-28(12-5-16)15-23(32)7-9-24-10-8-23/h2-3,14,16,24,32H,4-13,15H2,1H3,(H,25,30,31). The van der Waals surface area contributed by atoms with Gasteiger partial charge in [-0.2, -0.15) is 5.10 Å². The Hall–Kier alpha value is -2.49. The number of fused-ring (bicyclic) bond motifs is 1. The van der Waals surface area contributed by atoms with Crippen LogP contribution in [0, 0.1) is 0 Å². The summed E-state index contributed by atoms with van der Waals surface area (Å²) in [5, 5.41) is 22.1. The van der Waals surface area contributed by atoms with Gasteiger partial charge in [0.05, 0.1) is 11.1 Å². The third-order valence-electron chi connectivity index (χ3n) is 7.28. The van der Waals surface area contributed by atoms with Crippen molar-refractivity contribution in [2.24, 2.45) is 7.05 Å². The molecule has 9 heteroatoms. The Bertz CT molecular complexity index is 1020. The number of rotatable bonds is 4. The molecular formula is C23H32N6O3. The zero-order chi connectivity index (χ0) is 22.3. The SMILES string of the molecule is Cn1nc(N2CCC(=O)NC2=O)c2ccc(C3CCN(CC4(O)CCNCC4)CC3)cc21. The highest BCUT2D eigenvalue weighted by molar-refractivity contribution is 6.08. The molecule has 3 saturated heterocycles. The summed E-state index contributed by atoms with van der Waals surface area (Å²) in [4.78, 5) is 27.7. The largest absolute Gasteiger partial charge is 0.388 e. The van der Waals surface area contributed by atoms with E-state index >= 15 is 0 Å². The van der Waals surface area contributed by atoms with Gasteiger partial charge in [0.15, 0.2) is 5.82 Å². The molecule has 1 aromatic heterocycles. The van der Waals surface area contributed by atoms with Crippen LogP contribution in [0.3, 0.4) is 0 Å². The first-order valence-corrected chi connectivity index (χ1v) is 11.7. The molecule has 0 radical (unpaired) electrons. The highest BCUT2D eigenvalue weighted by Crippen LogP contribution is 2.34. The molecule has 9 nitrogen and oxygen atoms in total. The topological polar surface area (TPSA) is 103 Å². The van der Waals surface area contributed by atoms with Crippen LogP contribution in [0.25, 0.3) is 10.9 Å². The quantitative estimate of drug-likeness (QED) is 0.663. The number of imide groups is 1. The summed E-state index contributed by atoms with van der Waals surface area (Å²) in [5.74, 6) is 0.837. The molecule has 0 bridgehead atoms. The third-order valence-corrected chi connectivity index (χ3v) is 7.28. The molecule has 3 N–H and O–H groups in total. The van der Waals surface area contributed by atoms with E-state index in [1.165, 1.54) is 5.56 Å². The Morgan fingerprint density at radius 1 is 1.16 bits per heavy atom. The fraction of sp³-hybridized carbons (Fsp3) is 0.609. The van der Waals surface area contributed by atoms with Crippen LogP contribution in [0.5, 0.6) is 0 Å². The van der Waals surface area contributed by atoms with Crippen LogP contribution >= 0.6 is 0 Å². The Morgan fingerprint density at radius 3 is 2.62 bits per heavy atom. The number of carbonyl (C=O) groups excluding carboxylic acids is 2. The van der Waals surface area contributed by atoms with Gasteiger partial charge in [0, 0.05) is 31.9 Å². The van der Waals surface area contributed by atoms with Crippen molar-refractivity contribution in [1.29, 1.82) is 0 Å². The molecule has 3 amide bonds. The number of piperidine rings is 2. The Labute approximate surface area is 187 Å². The van der Waals surface area contributed by atoms with Crippen LogP contribution < -0.4 is 15.5 Å². The molecule has 2 aromatic rings. The van der Waals surface area contributed by atoms with Crippen molar-refractivity contribution >= 4 is 28.7 Å². The third kappa shape index (κ3) is 4.12. The van der Waals surface area contributed by atoms with Crippen LogP contribution in [0.4, 0.5) is 10.6 Å². The van der Waals surface area contributed by atoms with E-state index in [9.17, 15) is 14.7 Å². The number of carbonyl (C=O) groups is 2. The summed E-state index contributed by atoms with van der Waals surface area (Å²) < 4.78 is 1.82. The van der Waals surface area contributed by atoms with Crippen molar-refractivity contribution in [2.45, 2.75) is 43.6 Å². The first-order valence-electron chi connectivity index (χ1n) is 11.7. The molecule has 3 fully saturated rings. The van der Waals surface area contributed by atoms with E-state index in [0.29, 0.717) is 18.3 Å². The van der Waals surface area contributed by atoms with Crippen LogP contribution in [0.2, 0.25) is 0 Å². The number of likely N-dealkylation sites (tertiary alicyclic amines) is 1. The molecular weight excluding hydrogens is 408 g/mol. The van der Waals surface area contributed by atoms with Crippen molar-refractivity contribution in [1.82, 2.24) is 25.3 Å². The average molecular weight is 441 g/mol. The molecule has 0 atom stereocenters. The number of aryl methyl sites for hydroxylation is 1. The predicted octanol–water partition coefficient (Wildman–Crippen LogP) is 1.31. The fourth-order valence-electron chi connectivity index (χ4n) is 5.37. The maximum absolute atomic E-state index is 12.3. The Morgan fingerprint density at radius 2 is 1.91 bits per heavy atom.